The van der Waals surface area contributed by atoms with Crippen LogP contribution in [0.1, 0.15) is 47.0 Å². The lowest BCUT2D eigenvalue weighted by Crippen LogP contribution is -2.40. The van der Waals surface area contributed by atoms with Crippen LogP contribution in [-0.4, -0.2) is 35.0 Å². The van der Waals surface area contributed by atoms with Crippen LogP contribution in [0, 0.1) is 0 Å². The predicted molar refractivity (Wildman–Crippen MR) is 61.3 cm³/mol. The predicted octanol–water partition coefficient (Wildman–Crippen LogP) is 2.37. The molecule has 0 aliphatic carbocycles. The van der Waals surface area contributed by atoms with Gasteiger partial charge in [-0.25, -0.2) is 4.79 Å². The Hall–Kier alpha value is -1.06. The zero-order valence-corrected chi connectivity index (χ0v) is 10.6. The van der Waals surface area contributed by atoms with E-state index in [0.29, 0.717) is 13.0 Å². The van der Waals surface area contributed by atoms with Gasteiger partial charge in [0.2, 0.25) is 0 Å². The molecule has 0 radical (unpaired) electrons. The van der Waals surface area contributed by atoms with Crippen molar-refractivity contribution in [1.29, 1.82) is 0 Å². The summed E-state index contributed by atoms with van der Waals surface area (Å²) >= 11 is 0. The van der Waals surface area contributed by atoms with Crippen LogP contribution >= 0.6 is 0 Å². The molecule has 1 amide bonds. The Morgan fingerprint density at radius 1 is 1.38 bits per heavy atom. The summed E-state index contributed by atoms with van der Waals surface area (Å²) in [6.07, 6.45) is 2.01. The van der Waals surface area contributed by atoms with Gasteiger partial charge in [-0.15, -0.1) is 0 Å². The molecule has 1 atom stereocenters. The average molecular weight is 227 g/mol. The minimum absolute atomic E-state index is 0.0346. The molecule has 0 bridgehead atoms. The van der Waals surface area contributed by atoms with E-state index in [1.165, 1.54) is 0 Å². The third-order valence-corrected chi connectivity index (χ3v) is 2.53. The Balaban J connectivity index is 2.57. The van der Waals surface area contributed by atoms with E-state index in [0.717, 1.165) is 12.8 Å². The molecule has 0 aromatic heterocycles. The second kappa shape index (κ2) is 4.85. The molecule has 1 aliphatic rings. The molecule has 0 saturated carbocycles. The number of hydrogen-bond acceptors (Lipinski definition) is 3. The van der Waals surface area contributed by atoms with Crippen molar-refractivity contribution in [3.8, 4) is 0 Å². The van der Waals surface area contributed by atoms with E-state index < -0.39 is 5.60 Å². The van der Waals surface area contributed by atoms with Crippen molar-refractivity contribution in [2.24, 2.45) is 0 Å². The molecule has 4 heteroatoms. The minimum Gasteiger partial charge on any atom is -0.444 e. The molecule has 1 saturated heterocycles. The number of hydrogen-bond donors (Lipinski definition) is 0. The van der Waals surface area contributed by atoms with Crippen LogP contribution in [0.5, 0.6) is 0 Å². The third-order valence-electron chi connectivity index (χ3n) is 2.53. The Labute approximate surface area is 96.9 Å². The molecule has 1 heterocycles. The number of Topliss-reactive ketones (excluding diaryl/α,β-unsaturated/α-hetero) is 1. The van der Waals surface area contributed by atoms with Gasteiger partial charge >= 0.3 is 6.09 Å². The number of rotatable bonds is 2. The average Bonchev–Trinajstić information content (AvgIpc) is 2.47. The van der Waals surface area contributed by atoms with Gasteiger partial charge in [-0.1, -0.05) is 0 Å². The van der Waals surface area contributed by atoms with Crippen molar-refractivity contribution in [2.45, 2.75) is 58.6 Å². The summed E-state index contributed by atoms with van der Waals surface area (Å²) in [6, 6.07) is 0.0346. The van der Waals surface area contributed by atoms with Gasteiger partial charge in [-0.3, -0.25) is 4.79 Å². The highest BCUT2D eigenvalue weighted by Crippen LogP contribution is 2.23. The first-order chi connectivity index (χ1) is 7.29. The van der Waals surface area contributed by atoms with Gasteiger partial charge in [0.25, 0.3) is 0 Å². The molecular formula is C12H21NO3. The summed E-state index contributed by atoms with van der Waals surface area (Å²) in [5.74, 6) is 0.125. The molecule has 0 N–H and O–H groups in total. The van der Waals surface area contributed by atoms with Crippen LogP contribution in [0.25, 0.3) is 0 Å². The fourth-order valence-corrected chi connectivity index (χ4v) is 1.94. The Bertz CT molecular complexity index is 280. The van der Waals surface area contributed by atoms with Crippen molar-refractivity contribution in [3.63, 3.8) is 0 Å². The normalized spacial score (nSPS) is 21.0. The van der Waals surface area contributed by atoms with E-state index in [2.05, 4.69) is 0 Å². The van der Waals surface area contributed by atoms with Crippen LogP contribution in [0.15, 0.2) is 0 Å². The monoisotopic (exact) mass is 227 g/mol. The Morgan fingerprint density at radius 2 is 2.00 bits per heavy atom. The maximum absolute atomic E-state index is 11.8. The van der Waals surface area contributed by atoms with Gasteiger partial charge in [0.15, 0.2) is 0 Å². The van der Waals surface area contributed by atoms with Crippen molar-refractivity contribution >= 4 is 11.9 Å². The number of likely N-dealkylation sites (tertiary alicyclic amines) is 1. The Kier molecular flexibility index (Phi) is 3.94. The second-order valence-corrected chi connectivity index (χ2v) is 5.38. The van der Waals surface area contributed by atoms with Crippen LogP contribution in [0.4, 0.5) is 4.79 Å². The molecule has 0 aromatic carbocycles. The number of ether oxygens (including phenoxy) is 1. The summed E-state index contributed by atoms with van der Waals surface area (Å²) in [5.41, 5.74) is -0.472. The van der Waals surface area contributed by atoms with Gasteiger partial charge in [0, 0.05) is 19.0 Å². The van der Waals surface area contributed by atoms with Crippen LogP contribution in [0.2, 0.25) is 0 Å². The first-order valence-electron chi connectivity index (χ1n) is 5.78. The summed E-state index contributed by atoms with van der Waals surface area (Å²) in [5, 5.41) is 0. The van der Waals surface area contributed by atoms with Crippen LogP contribution < -0.4 is 0 Å². The highest BCUT2D eigenvalue weighted by atomic mass is 16.6. The van der Waals surface area contributed by atoms with Gasteiger partial charge in [0.05, 0.1) is 0 Å². The molecule has 1 rings (SSSR count). The maximum atomic E-state index is 11.8. The van der Waals surface area contributed by atoms with E-state index in [1.54, 1.807) is 11.8 Å². The van der Waals surface area contributed by atoms with E-state index in [9.17, 15) is 9.59 Å². The molecule has 0 aromatic rings. The number of amides is 1. The SMILES string of the molecule is CC(=O)C[C@H]1CCCN1C(=O)OC(C)(C)C. The summed E-state index contributed by atoms with van der Waals surface area (Å²) in [4.78, 5) is 24.6. The van der Waals surface area contributed by atoms with Gasteiger partial charge in [-0.2, -0.15) is 0 Å². The van der Waals surface area contributed by atoms with Crippen LogP contribution in [0.3, 0.4) is 0 Å². The summed E-state index contributed by atoms with van der Waals surface area (Å²) < 4.78 is 5.31. The largest absolute Gasteiger partial charge is 0.444 e. The fourth-order valence-electron chi connectivity index (χ4n) is 1.94. The molecule has 92 valence electrons. The van der Waals surface area contributed by atoms with Gasteiger partial charge in [0.1, 0.15) is 11.4 Å². The zero-order chi connectivity index (χ0) is 12.3. The molecule has 4 nitrogen and oxygen atoms in total. The molecular weight excluding hydrogens is 206 g/mol. The highest BCUT2D eigenvalue weighted by molar-refractivity contribution is 5.77. The molecule has 0 unspecified atom stereocenters. The zero-order valence-electron chi connectivity index (χ0n) is 10.6. The maximum Gasteiger partial charge on any atom is 0.410 e. The van der Waals surface area contributed by atoms with E-state index in [-0.39, 0.29) is 17.9 Å². The highest BCUT2D eigenvalue weighted by Gasteiger charge is 2.32. The number of carbonyl (C=O) groups is 2. The third kappa shape index (κ3) is 3.83. The summed E-state index contributed by atoms with van der Waals surface area (Å²) in [7, 11) is 0. The molecule has 1 fully saturated rings. The van der Waals surface area contributed by atoms with E-state index in [1.807, 2.05) is 20.8 Å². The van der Waals surface area contributed by atoms with Crippen molar-refractivity contribution in [2.75, 3.05) is 6.54 Å². The Morgan fingerprint density at radius 3 is 2.50 bits per heavy atom. The second-order valence-electron chi connectivity index (χ2n) is 5.38. The lowest BCUT2D eigenvalue weighted by atomic mass is 10.1. The smallest absolute Gasteiger partial charge is 0.410 e. The quantitative estimate of drug-likeness (QED) is 0.727. The summed E-state index contributed by atoms with van der Waals surface area (Å²) in [6.45, 7) is 7.81. The topological polar surface area (TPSA) is 46.6 Å². The van der Waals surface area contributed by atoms with Crippen LogP contribution in [-0.2, 0) is 9.53 Å². The number of carbonyl (C=O) groups excluding carboxylic acids is 2. The minimum atomic E-state index is -0.472. The number of ketones is 1. The van der Waals surface area contributed by atoms with Crippen molar-refractivity contribution in [1.82, 2.24) is 4.90 Å². The fraction of sp³-hybridized carbons (Fsp3) is 0.833. The number of nitrogens with zero attached hydrogens (tertiary/aromatic N) is 1. The van der Waals surface area contributed by atoms with Crippen molar-refractivity contribution < 1.29 is 14.3 Å². The first kappa shape index (κ1) is 13.0. The molecule has 1 aliphatic heterocycles. The lowest BCUT2D eigenvalue weighted by Gasteiger charge is -2.28. The standard InChI is InChI=1S/C12H21NO3/c1-9(14)8-10-6-5-7-13(10)11(15)16-12(2,3)4/h10H,5-8H2,1-4H3/t10-/m1/s1. The molecule has 16 heavy (non-hydrogen) atoms. The molecule has 0 spiro atoms. The van der Waals surface area contributed by atoms with E-state index in [4.69, 9.17) is 4.74 Å². The lowest BCUT2D eigenvalue weighted by molar-refractivity contribution is -0.117. The van der Waals surface area contributed by atoms with Gasteiger partial charge in [-0.05, 0) is 40.5 Å². The first-order valence-corrected chi connectivity index (χ1v) is 5.78. The van der Waals surface area contributed by atoms with Gasteiger partial charge < -0.3 is 9.64 Å². The van der Waals surface area contributed by atoms with Crippen molar-refractivity contribution in [3.05, 3.63) is 0 Å². The van der Waals surface area contributed by atoms with E-state index >= 15 is 0 Å².